The number of quaternary nitrogens is 1. The predicted molar refractivity (Wildman–Crippen MR) is 435 cm³/mol. The second-order valence-corrected chi connectivity index (χ2v) is 29.0. The van der Waals surface area contributed by atoms with Crippen molar-refractivity contribution >= 4 is 17.9 Å². The molecule has 0 heterocycles. The van der Waals surface area contributed by atoms with Crippen LogP contribution < -0.4 is 5.11 Å². The minimum Gasteiger partial charge on any atom is -0.545 e. The molecular weight excluding hydrogens is 1250 g/mol. The van der Waals surface area contributed by atoms with Crippen LogP contribution in [0, 0.1) is 0 Å². The van der Waals surface area contributed by atoms with Crippen LogP contribution in [-0.2, 0) is 33.3 Å². The molecule has 0 fully saturated rings. The Labute approximate surface area is 623 Å². The third kappa shape index (κ3) is 82.3. The summed E-state index contributed by atoms with van der Waals surface area (Å²) >= 11 is 0. The van der Waals surface area contributed by atoms with Gasteiger partial charge in [0.25, 0.3) is 0 Å². The van der Waals surface area contributed by atoms with Gasteiger partial charge in [0.15, 0.2) is 12.4 Å². The van der Waals surface area contributed by atoms with E-state index >= 15 is 0 Å². The summed E-state index contributed by atoms with van der Waals surface area (Å²) in [4.78, 5) is 37.7. The standard InChI is InChI=1S/C92H157NO8/c1-6-8-10-12-14-16-18-20-22-24-26-28-30-32-34-36-38-40-42-43-44-45-46-47-49-50-52-54-56-58-60-62-64-66-68-70-72-74-76-78-80-82-89(94)99-86-88(87-100-92(91(96)97)98-85-84-93(3,4)5)101-90(95)83-81-79-77-75-73-71-69-67-65-63-61-59-57-55-53-51-48-41-39-37-35-33-31-29-27-25-23-21-19-17-15-13-11-9-7-2/h8-11,14-17,20-23,26-29,32-35,39,41,51,53,88,92H,6-7,12-13,18-19,24-25,30-31,36-38,40,42-50,52,54-87H2,1-5H3/b10-8-,11-9-,16-14-,17-15-,22-20-,23-21-,28-26-,29-27-,34-32-,35-33-,41-39-,53-51-. The van der Waals surface area contributed by atoms with Crippen LogP contribution in [0.1, 0.15) is 361 Å². The second kappa shape index (κ2) is 80.8. The number of nitrogens with zero attached hydrogens (tertiary/aromatic N) is 1. The van der Waals surface area contributed by atoms with Crippen molar-refractivity contribution in [3.8, 4) is 0 Å². The highest BCUT2D eigenvalue weighted by atomic mass is 16.7. The Morgan fingerprint density at radius 3 is 0.792 bits per heavy atom. The van der Waals surface area contributed by atoms with E-state index in [1.54, 1.807) is 0 Å². The van der Waals surface area contributed by atoms with E-state index in [1.807, 2.05) is 21.1 Å². The summed E-state index contributed by atoms with van der Waals surface area (Å²) in [7, 11) is 5.94. The van der Waals surface area contributed by atoms with Gasteiger partial charge in [0.2, 0.25) is 0 Å². The molecule has 0 rings (SSSR count). The van der Waals surface area contributed by atoms with Crippen molar-refractivity contribution in [2.75, 3.05) is 47.5 Å². The van der Waals surface area contributed by atoms with Gasteiger partial charge in [0, 0.05) is 12.8 Å². The van der Waals surface area contributed by atoms with Gasteiger partial charge in [-0.25, -0.2) is 0 Å². The van der Waals surface area contributed by atoms with E-state index in [2.05, 4.69) is 160 Å². The van der Waals surface area contributed by atoms with Crippen molar-refractivity contribution < 1.29 is 42.9 Å². The molecule has 0 spiro atoms. The van der Waals surface area contributed by atoms with E-state index in [0.717, 1.165) is 116 Å². The molecule has 9 nitrogen and oxygen atoms in total. The predicted octanol–water partition coefficient (Wildman–Crippen LogP) is 26.0. The molecule has 0 aliphatic rings. The van der Waals surface area contributed by atoms with Crippen molar-refractivity contribution in [2.45, 2.75) is 373 Å². The van der Waals surface area contributed by atoms with Gasteiger partial charge >= 0.3 is 11.9 Å². The van der Waals surface area contributed by atoms with Crippen LogP contribution in [0.25, 0.3) is 0 Å². The van der Waals surface area contributed by atoms with Gasteiger partial charge < -0.3 is 33.3 Å². The molecule has 0 aliphatic heterocycles. The summed E-state index contributed by atoms with van der Waals surface area (Å²) in [5, 5.41) is 11.9. The summed E-state index contributed by atoms with van der Waals surface area (Å²) in [5.74, 6) is -2.27. The van der Waals surface area contributed by atoms with Crippen molar-refractivity contribution in [3.05, 3.63) is 146 Å². The topological polar surface area (TPSA) is 111 Å². The highest BCUT2D eigenvalue weighted by Gasteiger charge is 2.22. The normalized spacial score (nSPS) is 13.4. The number of carbonyl (C=O) groups is 3. The van der Waals surface area contributed by atoms with Crippen LogP contribution >= 0.6 is 0 Å². The maximum Gasteiger partial charge on any atom is 0.306 e. The number of rotatable bonds is 77. The number of likely N-dealkylation sites (N-methyl/N-ethyl adjacent to an activating group) is 1. The van der Waals surface area contributed by atoms with E-state index in [9.17, 15) is 19.5 Å². The first-order chi connectivity index (χ1) is 49.6. The molecule has 2 atom stereocenters. The second-order valence-electron chi connectivity index (χ2n) is 29.0. The van der Waals surface area contributed by atoms with Gasteiger partial charge in [-0.2, -0.15) is 0 Å². The number of hydrogen-bond donors (Lipinski definition) is 0. The molecule has 0 aliphatic carbocycles. The van der Waals surface area contributed by atoms with Crippen molar-refractivity contribution in [1.82, 2.24) is 0 Å². The highest BCUT2D eigenvalue weighted by molar-refractivity contribution is 5.70. The maximum atomic E-state index is 13.0. The quantitative estimate of drug-likeness (QED) is 0.0195. The Morgan fingerprint density at radius 1 is 0.297 bits per heavy atom. The Balaban J connectivity index is 3.99. The molecule has 101 heavy (non-hydrogen) atoms. The number of esters is 2. The lowest BCUT2D eigenvalue weighted by molar-refractivity contribution is -0.870. The minimum atomic E-state index is -1.63. The number of hydrogen-bond acceptors (Lipinski definition) is 8. The lowest BCUT2D eigenvalue weighted by Crippen LogP contribution is -2.44. The third-order valence-corrected chi connectivity index (χ3v) is 18.1. The van der Waals surface area contributed by atoms with Crippen LogP contribution in [0.4, 0.5) is 0 Å². The number of ether oxygens (including phenoxy) is 4. The summed E-state index contributed by atoms with van der Waals surface area (Å²) in [5.41, 5.74) is 0. The Kier molecular flexibility index (Phi) is 77.0. The van der Waals surface area contributed by atoms with Crippen LogP contribution in [0.3, 0.4) is 0 Å². The molecule has 2 unspecified atom stereocenters. The zero-order valence-corrected chi connectivity index (χ0v) is 66.2. The summed E-state index contributed by atoms with van der Waals surface area (Å²) in [6.07, 6.45) is 116. The smallest absolute Gasteiger partial charge is 0.306 e. The number of aliphatic carboxylic acids is 1. The summed E-state index contributed by atoms with van der Waals surface area (Å²) < 4.78 is 22.9. The van der Waals surface area contributed by atoms with Crippen LogP contribution in [0.2, 0.25) is 0 Å². The van der Waals surface area contributed by atoms with Crippen LogP contribution in [-0.4, -0.2) is 82.3 Å². The molecule has 0 aromatic heterocycles. The van der Waals surface area contributed by atoms with Crippen molar-refractivity contribution in [3.63, 3.8) is 0 Å². The molecule has 0 radical (unpaired) electrons. The van der Waals surface area contributed by atoms with Crippen molar-refractivity contribution in [1.29, 1.82) is 0 Å². The number of carboxylic acid groups (broad SMARTS) is 1. The Bertz CT molecular complexity index is 2180. The lowest BCUT2D eigenvalue weighted by Gasteiger charge is -2.26. The molecular formula is C92H157NO8. The molecule has 578 valence electrons. The number of carbonyl (C=O) groups excluding carboxylic acids is 3. The van der Waals surface area contributed by atoms with Gasteiger partial charge in [0.05, 0.1) is 40.3 Å². The minimum absolute atomic E-state index is 0.144. The Hall–Kier alpha value is -4.83. The third-order valence-electron chi connectivity index (χ3n) is 18.1. The number of allylic oxidation sites excluding steroid dienone is 24. The fourth-order valence-corrected chi connectivity index (χ4v) is 11.8. The fraction of sp³-hybridized carbons (Fsp3) is 0.707. The zero-order valence-electron chi connectivity index (χ0n) is 66.2. The fourth-order valence-electron chi connectivity index (χ4n) is 11.8. The van der Waals surface area contributed by atoms with E-state index in [1.165, 1.54) is 212 Å². The van der Waals surface area contributed by atoms with Gasteiger partial charge in [0.1, 0.15) is 13.2 Å². The first kappa shape index (κ1) is 96.2. The lowest BCUT2D eigenvalue weighted by atomic mass is 10.0. The maximum absolute atomic E-state index is 13.0. The highest BCUT2D eigenvalue weighted by Crippen LogP contribution is 2.19. The van der Waals surface area contributed by atoms with Crippen LogP contribution in [0.15, 0.2) is 146 Å². The molecule has 9 heteroatoms. The SMILES string of the molecule is CC/C=C\C/C=C\C/C=C\C/C=C\C/C=C\C/C=C\C/C=C\CCCCCCCCCCCCCCCC(=O)OC(COC(=O)CCCCCCCCCCCCCCCCCCCCCCCCCCC/C=C\C/C=C\C/C=C\C/C=C\C/C=C\CC)COC(OCC[N+](C)(C)C)C(=O)[O-]. The molecule has 0 saturated heterocycles. The number of carboxylic acids is 1. The molecule has 0 aromatic rings. The average molecular weight is 1410 g/mol. The summed E-state index contributed by atoms with van der Waals surface area (Å²) in [6, 6.07) is 0. The molecule has 0 saturated carbocycles. The van der Waals surface area contributed by atoms with Gasteiger partial charge in [-0.15, -0.1) is 0 Å². The number of unbranched alkanes of at least 4 members (excludes halogenated alkanes) is 38. The van der Waals surface area contributed by atoms with E-state index < -0.39 is 24.3 Å². The first-order valence-electron chi connectivity index (χ1n) is 42.0. The molecule has 0 bridgehead atoms. The monoisotopic (exact) mass is 1400 g/mol. The van der Waals surface area contributed by atoms with E-state index in [4.69, 9.17) is 18.9 Å². The Morgan fingerprint density at radius 2 is 0.535 bits per heavy atom. The summed E-state index contributed by atoms with van der Waals surface area (Å²) in [6.45, 7) is 4.55. The van der Waals surface area contributed by atoms with E-state index in [0.29, 0.717) is 23.9 Å². The average Bonchev–Trinajstić information content (AvgIpc) is 1.25. The molecule has 0 aromatic carbocycles. The zero-order chi connectivity index (χ0) is 73.2. The van der Waals surface area contributed by atoms with Crippen molar-refractivity contribution in [2.24, 2.45) is 0 Å². The largest absolute Gasteiger partial charge is 0.545 e. The van der Waals surface area contributed by atoms with Gasteiger partial charge in [-0.05, 0) is 116 Å². The van der Waals surface area contributed by atoms with Crippen LogP contribution in [0.5, 0.6) is 0 Å². The van der Waals surface area contributed by atoms with Gasteiger partial charge in [-0.1, -0.05) is 378 Å². The van der Waals surface area contributed by atoms with Gasteiger partial charge in [-0.3, -0.25) is 9.59 Å². The first-order valence-corrected chi connectivity index (χ1v) is 42.0. The van der Waals surface area contributed by atoms with E-state index in [-0.39, 0.29) is 32.2 Å². The molecule has 0 N–H and O–H groups in total. The molecule has 0 amide bonds.